The lowest BCUT2D eigenvalue weighted by atomic mass is 10.2. The van der Waals surface area contributed by atoms with Gasteiger partial charge in [0.2, 0.25) is 0 Å². The van der Waals surface area contributed by atoms with Crippen molar-refractivity contribution >= 4 is 11.8 Å². The molecule has 27 heavy (non-hydrogen) atoms. The first-order valence-corrected chi connectivity index (χ1v) is 8.53. The number of pyridine rings is 2. The van der Waals surface area contributed by atoms with Crippen LogP contribution in [0.1, 0.15) is 40.0 Å². The Balaban J connectivity index is 0.00000338. The number of hydrogen-bond acceptors (Lipinski definition) is 2. The van der Waals surface area contributed by atoms with Crippen LogP contribution < -0.4 is 67.7 Å². The minimum absolute atomic E-state index is 0. The van der Waals surface area contributed by atoms with Gasteiger partial charge in [-0.05, 0) is 31.4 Å². The minimum atomic E-state index is -0.0542. The number of nitrogens with zero attached hydrogens (tertiary/aromatic N) is 2. The van der Waals surface area contributed by atoms with E-state index in [2.05, 4.69) is 10.6 Å². The monoisotopic (exact) mass is 596 g/mol. The average molecular weight is 596 g/mol. The first-order valence-electron chi connectivity index (χ1n) is 8.53. The predicted octanol–water partition coefficient (Wildman–Crippen LogP) is -5.33. The van der Waals surface area contributed by atoms with Gasteiger partial charge in [-0.2, -0.15) is 0 Å². The molecule has 0 atom stereocenters. The van der Waals surface area contributed by atoms with Gasteiger partial charge >= 0.3 is 0 Å². The molecule has 6 nitrogen and oxygen atoms in total. The van der Waals surface area contributed by atoms with E-state index >= 15 is 0 Å². The molecule has 0 aliphatic heterocycles. The third-order valence-electron chi connectivity index (χ3n) is 3.83. The Hall–Kier alpha value is -1.30. The van der Waals surface area contributed by atoms with Gasteiger partial charge in [0, 0.05) is 25.2 Å². The van der Waals surface area contributed by atoms with Crippen molar-refractivity contribution in [2.45, 2.75) is 19.3 Å². The number of amides is 2. The Morgan fingerprint density at radius 2 is 1.19 bits per heavy atom. The topological polar surface area (TPSA) is 66.0 Å². The van der Waals surface area contributed by atoms with E-state index in [0.29, 0.717) is 24.2 Å². The number of carbonyl (C=O) groups excluding carboxylic acids is 2. The van der Waals surface area contributed by atoms with Gasteiger partial charge in [0.1, 0.15) is 25.2 Å². The van der Waals surface area contributed by atoms with Gasteiger partial charge in [0.05, 0.1) is 0 Å². The second kappa shape index (κ2) is 13.8. The maximum absolute atomic E-state index is 12.0. The molecule has 0 saturated heterocycles. The number of rotatable bonds is 8. The van der Waals surface area contributed by atoms with Crippen LogP contribution in [0.15, 0.2) is 49.1 Å². The van der Waals surface area contributed by atoms with Crippen LogP contribution in [-0.2, 0) is 14.1 Å². The summed E-state index contributed by atoms with van der Waals surface area (Å²) in [5.74, 6) is -0.108. The summed E-state index contributed by atoms with van der Waals surface area (Å²) in [6.07, 6.45) is 10.1. The summed E-state index contributed by atoms with van der Waals surface area (Å²) < 4.78 is 3.70. The van der Waals surface area contributed by atoms with Crippen LogP contribution in [-0.4, -0.2) is 24.9 Å². The molecular formula is C19H26I2N4O2. The quantitative estimate of drug-likeness (QED) is 0.182. The van der Waals surface area contributed by atoms with Crippen LogP contribution in [0.25, 0.3) is 0 Å². The fraction of sp³-hybridized carbons (Fsp3) is 0.368. The van der Waals surface area contributed by atoms with Crippen molar-refractivity contribution in [2.24, 2.45) is 14.1 Å². The third kappa shape index (κ3) is 9.45. The number of aromatic nitrogens is 2. The molecule has 2 amide bonds. The molecule has 2 heterocycles. The number of carbonyl (C=O) groups is 2. The second-order valence-electron chi connectivity index (χ2n) is 6.09. The smallest absolute Gasteiger partial charge is 0.257 e. The Morgan fingerprint density at radius 1 is 0.778 bits per heavy atom. The molecule has 0 fully saturated rings. The lowest BCUT2D eigenvalue weighted by Crippen LogP contribution is -3.00. The Kier molecular flexibility index (Phi) is 13.1. The van der Waals surface area contributed by atoms with E-state index in [9.17, 15) is 9.59 Å². The third-order valence-corrected chi connectivity index (χ3v) is 3.83. The van der Waals surface area contributed by atoms with Crippen molar-refractivity contribution in [3.05, 3.63) is 60.2 Å². The normalized spacial score (nSPS) is 9.56. The molecule has 0 aromatic carbocycles. The van der Waals surface area contributed by atoms with E-state index in [1.165, 1.54) is 0 Å². The molecule has 8 heteroatoms. The summed E-state index contributed by atoms with van der Waals surface area (Å²) >= 11 is 0. The van der Waals surface area contributed by atoms with Crippen molar-refractivity contribution in [1.82, 2.24) is 10.6 Å². The molecule has 0 saturated carbocycles. The van der Waals surface area contributed by atoms with Crippen LogP contribution in [0, 0.1) is 0 Å². The van der Waals surface area contributed by atoms with Crippen LogP contribution in [0.3, 0.4) is 0 Å². The van der Waals surface area contributed by atoms with Gasteiger partial charge in [0.25, 0.3) is 11.8 Å². The number of hydrogen-bond donors (Lipinski definition) is 2. The molecular weight excluding hydrogens is 570 g/mol. The average Bonchev–Trinajstić information content (AvgIpc) is 2.60. The molecule has 0 spiro atoms. The molecule has 0 radical (unpaired) electrons. The fourth-order valence-electron chi connectivity index (χ4n) is 2.48. The molecule has 2 aromatic heterocycles. The maximum atomic E-state index is 12.0. The van der Waals surface area contributed by atoms with Gasteiger partial charge in [0.15, 0.2) is 24.8 Å². The highest BCUT2D eigenvalue weighted by molar-refractivity contribution is 5.94. The van der Waals surface area contributed by atoms with E-state index in [4.69, 9.17) is 0 Å². The SMILES string of the molecule is C[n+]1cccc(C(=O)NCCCCCNC(=O)c2ccc[n+](C)c2)c1.[I-].[I-]. The van der Waals surface area contributed by atoms with Crippen LogP contribution in [0.5, 0.6) is 0 Å². The number of halogens is 2. The summed E-state index contributed by atoms with van der Waals surface area (Å²) in [5.41, 5.74) is 1.32. The van der Waals surface area contributed by atoms with Gasteiger partial charge in [-0.1, -0.05) is 0 Å². The predicted molar refractivity (Wildman–Crippen MR) is 93.8 cm³/mol. The van der Waals surface area contributed by atoms with Crippen LogP contribution in [0.4, 0.5) is 0 Å². The lowest BCUT2D eigenvalue weighted by Gasteiger charge is -2.06. The van der Waals surface area contributed by atoms with E-state index in [1.54, 1.807) is 24.5 Å². The van der Waals surface area contributed by atoms with Gasteiger partial charge in [-0.15, -0.1) is 0 Å². The summed E-state index contributed by atoms with van der Waals surface area (Å²) in [4.78, 5) is 24.0. The van der Waals surface area contributed by atoms with E-state index in [-0.39, 0.29) is 59.8 Å². The standard InChI is InChI=1S/C19H24N4O2.2HI/c1-22-12-6-8-16(14-22)18(24)20-10-4-3-5-11-21-19(25)17-9-7-13-23(2)15-17;;/h6-9,12-15H,3-5,10-11H2,1-2H3;2*1H. The highest BCUT2D eigenvalue weighted by Gasteiger charge is 2.09. The van der Waals surface area contributed by atoms with Crippen LogP contribution in [0.2, 0.25) is 0 Å². The van der Waals surface area contributed by atoms with E-state index in [1.807, 2.05) is 47.8 Å². The summed E-state index contributed by atoms with van der Waals surface area (Å²) in [6, 6.07) is 7.30. The van der Waals surface area contributed by atoms with Gasteiger partial charge < -0.3 is 58.6 Å². The maximum Gasteiger partial charge on any atom is 0.257 e. The molecule has 2 aromatic rings. The van der Waals surface area contributed by atoms with Gasteiger partial charge in [-0.25, -0.2) is 9.13 Å². The second-order valence-corrected chi connectivity index (χ2v) is 6.09. The number of unbranched alkanes of at least 4 members (excludes halogenated alkanes) is 2. The number of nitrogens with one attached hydrogen (secondary N) is 2. The molecule has 0 aliphatic rings. The number of aryl methyl sites for hydroxylation is 2. The molecule has 148 valence electrons. The highest BCUT2D eigenvalue weighted by Crippen LogP contribution is 1.98. The minimum Gasteiger partial charge on any atom is -1.00 e. The van der Waals surface area contributed by atoms with Crippen molar-refractivity contribution in [1.29, 1.82) is 0 Å². The van der Waals surface area contributed by atoms with Crippen molar-refractivity contribution in [3.63, 3.8) is 0 Å². The summed E-state index contributed by atoms with van der Waals surface area (Å²) in [7, 11) is 3.78. The van der Waals surface area contributed by atoms with Crippen LogP contribution >= 0.6 is 0 Å². The molecule has 0 unspecified atom stereocenters. The van der Waals surface area contributed by atoms with E-state index in [0.717, 1.165) is 19.3 Å². The van der Waals surface area contributed by atoms with Crippen molar-refractivity contribution in [3.8, 4) is 0 Å². The zero-order chi connectivity index (χ0) is 18.1. The largest absolute Gasteiger partial charge is 1.00 e. The summed E-state index contributed by atoms with van der Waals surface area (Å²) in [6.45, 7) is 1.28. The zero-order valence-electron chi connectivity index (χ0n) is 15.6. The Bertz CT molecular complexity index is 680. The zero-order valence-corrected chi connectivity index (χ0v) is 19.9. The molecule has 0 aliphatic carbocycles. The Morgan fingerprint density at radius 3 is 1.56 bits per heavy atom. The van der Waals surface area contributed by atoms with Crippen molar-refractivity contribution in [2.75, 3.05) is 13.1 Å². The summed E-state index contributed by atoms with van der Waals surface area (Å²) in [5, 5.41) is 5.83. The van der Waals surface area contributed by atoms with Crippen molar-refractivity contribution < 1.29 is 66.7 Å². The molecule has 2 rings (SSSR count). The first-order chi connectivity index (χ1) is 12.1. The van der Waals surface area contributed by atoms with Gasteiger partial charge in [-0.3, -0.25) is 9.59 Å². The Labute approximate surface area is 194 Å². The highest BCUT2D eigenvalue weighted by atomic mass is 127. The first kappa shape index (κ1) is 25.7. The molecule has 0 bridgehead atoms. The fourth-order valence-corrected chi connectivity index (χ4v) is 2.48. The van der Waals surface area contributed by atoms with E-state index < -0.39 is 0 Å². The lowest BCUT2D eigenvalue weighted by molar-refractivity contribution is -0.671. The molecule has 2 N–H and O–H groups in total.